The largest absolute Gasteiger partial charge is 0.322 e. The highest BCUT2D eigenvalue weighted by Gasteiger charge is 2.41. The van der Waals surface area contributed by atoms with Crippen LogP contribution < -0.4 is 5.32 Å². The van der Waals surface area contributed by atoms with Crippen LogP contribution in [0.25, 0.3) is 0 Å². The minimum Gasteiger partial charge on any atom is -0.319 e. The third-order valence-electron chi connectivity index (χ3n) is 4.59. The number of amides is 2. The van der Waals surface area contributed by atoms with Crippen LogP contribution in [-0.2, 0) is 15.6 Å². The van der Waals surface area contributed by atoms with Crippen LogP contribution in [0.5, 0.6) is 0 Å². The third kappa shape index (κ3) is 4.25. The van der Waals surface area contributed by atoms with Gasteiger partial charge in [-0.05, 0) is 50.2 Å². The number of nitrogens with zero attached hydrogens (tertiary/aromatic N) is 1. The van der Waals surface area contributed by atoms with E-state index in [1.54, 1.807) is 18.2 Å². The Morgan fingerprint density at radius 1 is 1.26 bits per heavy atom. The topological polar surface area (TPSA) is 66.5 Å². The molecule has 0 radical (unpaired) electrons. The molecule has 1 aromatic carbocycles. The summed E-state index contributed by atoms with van der Waals surface area (Å²) in [6, 6.07) is 7.62. The van der Waals surface area contributed by atoms with E-state index in [4.69, 9.17) is 0 Å². The van der Waals surface area contributed by atoms with Crippen LogP contribution in [0.15, 0.2) is 24.3 Å². The Labute approximate surface area is 138 Å². The zero-order valence-corrected chi connectivity index (χ0v) is 14.5. The molecule has 2 saturated carbocycles. The first kappa shape index (κ1) is 16.3. The highest BCUT2D eigenvalue weighted by molar-refractivity contribution is 7.89. The molecule has 5 nitrogen and oxygen atoms in total. The highest BCUT2D eigenvalue weighted by Crippen LogP contribution is 2.40. The number of nitrogens with one attached hydrogen (secondary N) is 1. The average Bonchev–Trinajstić information content (AvgIpc) is 3.33. The van der Waals surface area contributed by atoms with Gasteiger partial charge < -0.3 is 10.2 Å². The van der Waals surface area contributed by atoms with E-state index in [0.717, 1.165) is 12.8 Å². The van der Waals surface area contributed by atoms with E-state index in [2.05, 4.69) is 12.2 Å². The van der Waals surface area contributed by atoms with Gasteiger partial charge in [0.15, 0.2) is 9.84 Å². The van der Waals surface area contributed by atoms with Crippen molar-refractivity contribution in [2.75, 3.05) is 11.6 Å². The Bertz CT molecular complexity index is 694. The SMILES string of the molecule is CC(C1CC1)N(C(=O)Nc1ccccc1CS(C)(=O)=O)C1CC1. The van der Waals surface area contributed by atoms with Gasteiger partial charge in [0.25, 0.3) is 0 Å². The van der Waals surface area contributed by atoms with Crippen LogP contribution >= 0.6 is 0 Å². The van der Waals surface area contributed by atoms with Crippen molar-refractivity contribution in [3.05, 3.63) is 29.8 Å². The third-order valence-corrected chi connectivity index (χ3v) is 5.43. The fourth-order valence-corrected chi connectivity index (χ4v) is 3.89. The van der Waals surface area contributed by atoms with Gasteiger partial charge in [0.05, 0.1) is 5.75 Å². The Balaban J connectivity index is 1.76. The zero-order chi connectivity index (χ0) is 16.6. The number of carbonyl (C=O) groups excluding carboxylic acids is 1. The van der Waals surface area contributed by atoms with Crippen molar-refractivity contribution in [3.8, 4) is 0 Å². The molecule has 0 bridgehead atoms. The number of para-hydroxylation sites is 1. The number of sulfone groups is 1. The Kier molecular flexibility index (Phi) is 4.36. The number of hydrogen-bond donors (Lipinski definition) is 1. The average molecular weight is 336 g/mol. The van der Waals surface area contributed by atoms with E-state index in [1.807, 2.05) is 11.0 Å². The quantitative estimate of drug-likeness (QED) is 0.868. The number of rotatable bonds is 6. The lowest BCUT2D eigenvalue weighted by atomic mass is 10.1. The predicted octanol–water partition coefficient (Wildman–Crippen LogP) is 3.03. The molecule has 0 aliphatic heterocycles. The number of anilines is 1. The van der Waals surface area contributed by atoms with Crippen molar-refractivity contribution in [2.24, 2.45) is 5.92 Å². The van der Waals surface area contributed by atoms with Crippen molar-refractivity contribution < 1.29 is 13.2 Å². The van der Waals surface area contributed by atoms with Crippen LogP contribution in [0.3, 0.4) is 0 Å². The minimum absolute atomic E-state index is 0.0644. The minimum atomic E-state index is -3.14. The molecular formula is C17H24N2O3S. The smallest absolute Gasteiger partial charge is 0.319 e. The lowest BCUT2D eigenvalue weighted by Crippen LogP contribution is -2.44. The summed E-state index contributed by atoms with van der Waals surface area (Å²) in [5.41, 5.74) is 1.23. The summed E-state index contributed by atoms with van der Waals surface area (Å²) in [6.07, 6.45) is 5.73. The summed E-state index contributed by atoms with van der Waals surface area (Å²) in [5, 5.41) is 2.94. The molecule has 0 heterocycles. The lowest BCUT2D eigenvalue weighted by Gasteiger charge is -2.30. The Morgan fingerprint density at radius 2 is 1.91 bits per heavy atom. The predicted molar refractivity (Wildman–Crippen MR) is 91.1 cm³/mol. The van der Waals surface area contributed by atoms with E-state index in [9.17, 15) is 13.2 Å². The van der Waals surface area contributed by atoms with E-state index >= 15 is 0 Å². The monoisotopic (exact) mass is 336 g/mol. The van der Waals surface area contributed by atoms with Gasteiger partial charge in [-0.1, -0.05) is 18.2 Å². The summed E-state index contributed by atoms with van der Waals surface area (Å²) in [7, 11) is -3.14. The molecule has 23 heavy (non-hydrogen) atoms. The van der Waals surface area contributed by atoms with E-state index in [0.29, 0.717) is 23.2 Å². The van der Waals surface area contributed by atoms with Gasteiger partial charge >= 0.3 is 6.03 Å². The summed E-state index contributed by atoms with van der Waals surface area (Å²) >= 11 is 0. The summed E-state index contributed by atoms with van der Waals surface area (Å²) in [5.74, 6) is 0.554. The Morgan fingerprint density at radius 3 is 2.48 bits per heavy atom. The maximum absolute atomic E-state index is 12.8. The molecule has 0 spiro atoms. The molecule has 0 aromatic heterocycles. The van der Waals surface area contributed by atoms with Gasteiger partial charge in [0, 0.05) is 24.0 Å². The molecule has 3 rings (SSSR count). The summed E-state index contributed by atoms with van der Waals surface area (Å²) in [6.45, 7) is 2.12. The molecule has 1 aromatic rings. The molecule has 1 N–H and O–H groups in total. The fourth-order valence-electron chi connectivity index (χ4n) is 3.07. The van der Waals surface area contributed by atoms with Crippen molar-refractivity contribution in [2.45, 2.75) is 50.4 Å². The van der Waals surface area contributed by atoms with Crippen molar-refractivity contribution in [1.82, 2.24) is 4.90 Å². The molecule has 2 amide bonds. The normalized spacial score (nSPS) is 19.2. The van der Waals surface area contributed by atoms with E-state index < -0.39 is 9.84 Å². The van der Waals surface area contributed by atoms with Crippen molar-refractivity contribution >= 4 is 21.6 Å². The standard InChI is InChI=1S/C17H24N2O3S/c1-12(13-7-8-13)19(15-9-10-15)17(20)18-16-6-4-3-5-14(16)11-23(2,21)22/h3-6,12-13,15H,7-11H2,1-2H3,(H,18,20). The molecule has 0 saturated heterocycles. The number of benzene rings is 1. The molecule has 2 aliphatic carbocycles. The summed E-state index contributed by atoms with van der Waals surface area (Å²) in [4.78, 5) is 14.7. The van der Waals surface area contributed by atoms with Crippen LogP contribution in [0.1, 0.15) is 38.2 Å². The van der Waals surface area contributed by atoms with Crippen molar-refractivity contribution in [3.63, 3.8) is 0 Å². The van der Waals surface area contributed by atoms with E-state index in [-0.39, 0.29) is 17.8 Å². The first-order valence-electron chi connectivity index (χ1n) is 8.20. The van der Waals surface area contributed by atoms with Crippen LogP contribution in [-0.4, -0.2) is 37.7 Å². The maximum Gasteiger partial charge on any atom is 0.322 e. The molecule has 1 unspecified atom stereocenters. The van der Waals surface area contributed by atoms with Crippen LogP contribution in [0, 0.1) is 5.92 Å². The Hall–Kier alpha value is -1.56. The van der Waals surface area contributed by atoms with Gasteiger partial charge in [0.2, 0.25) is 0 Å². The number of carbonyl (C=O) groups is 1. The fraction of sp³-hybridized carbons (Fsp3) is 0.588. The highest BCUT2D eigenvalue weighted by atomic mass is 32.2. The molecular weight excluding hydrogens is 312 g/mol. The first-order chi connectivity index (χ1) is 10.8. The molecule has 2 aliphatic rings. The van der Waals surface area contributed by atoms with Gasteiger partial charge in [0.1, 0.15) is 0 Å². The number of urea groups is 1. The van der Waals surface area contributed by atoms with Crippen molar-refractivity contribution in [1.29, 1.82) is 0 Å². The first-order valence-corrected chi connectivity index (χ1v) is 10.3. The van der Waals surface area contributed by atoms with Gasteiger partial charge in [-0.3, -0.25) is 0 Å². The second kappa shape index (κ2) is 6.15. The molecule has 6 heteroatoms. The van der Waals surface area contributed by atoms with Crippen LogP contribution in [0.4, 0.5) is 10.5 Å². The van der Waals surface area contributed by atoms with Gasteiger partial charge in [-0.15, -0.1) is 0 Å². The number of hydrogen-bond acceptors (Lipinski definition) is 3. The van der Waals surface area contributed by atoms with Gasteiger partial charge in [-0.25, -0.2) is 13.2 Å². The second-order valence-electron chi connectivity index (χ2n) is 6.87. The second-order valence-corrected chi connectivity index (χ2v) is 9.01. The zero-order valence-electron chi connectivity index (χ0n) is 13.7. The maximum atomic E-state index is 12.8. The van der Waals surface area contributed by atoms with Gasteiger partial charge in [-0.2, -0.15) is 0 Å². The van der Waals surface area contributed by atoms with E-state index in [1.165, 1.54) is 19.1 Å². The lowest BCUT2D eigenvalue weighted by molar-refractivity contribution is 0.180. The van der Waals surface area contributed by atoms with Crippen LogP contribution in [0.2, 0.25) is 0 Å². The molecule has 126 valence electrons. The molecule has 1 atom stereocenters. The molecule has 2 fully saturated rings. The summed E-state index contributed by atoms with van der Waals surface area (Å²) < 4.78 is 23.1.